The number of piperidine rings is 1. The van der Waals surface area contributed by atoms with Gasteiger partial charge in [0.15, 0.2) is 0 Å². The first kappa shape index (κ1) is 18.0. The molecule has 1 aromatic rings. The first-order valence-corrected chi connectivity index (χ1v) is 9.86. The number of benzene rings is 1. The van der Waals surface area contributed by atoms with Crippen LogP contribution in [0.4, 0.5) is 11.4 Å². The van der Waals surface area contributed by atoms with E-state index in [2.05, 4.69) is 9.62 Å². The van der Waals surface area contributed by atoms with Gasteiger partial charge in [0.05, 0.1) is 13.2 Å². The number of hydrogen-bond acceptors (Lipinski definition) is 5. The predicted octanol–water partition coefficient (Wildman–Crippen LogP) is 1.12. The Morgan fingerprint density at radius 2 is 1.80 bits per heavy atom. The minimum Gasteiger partial charge on any atom is -0.480 e. The average molecular weight is 369 g/mol. The van der Waals surface area contributed by atoms with Crippen molar-refractivity contribution in [1.82, 2.24) is 4.31 Å². The molecule has 2 fully saturated rings. The van der Waals surface area contributed by atoms with Crippen LogP contribution in [0.15, 0.2) is 24.3 Å². The van der Waals surface area contributed by atoms with Crippen LogP contribution in [0.1, 0.15) is 19.3 Å². The second kappa shape index (κ2) is 7.59. The van der Waals surface area contributed by atoms with E-state index in [9.17, 15) is 18.3 Å². The zero-order valence-corrected chi connectivity index (χ0v) is 14.7. The lowest BCUT2D eigenvalue weighted by Gasteiger charge is -2.32. The number of ether oxygens (including phenoxy) is 1. The fourth-order valence-corrected chi connectivity index (χ4v) is 4.66. The highest BCUT2D eigenvalue weighted by Gasteiger charge is 2.36. The summed E-state index contributed by atoms with van der Waals surface area (Å²) < 4.78 is 34.0. The number of hydrogen-bond donors (Lipinski definition) is 2. The Bertz CT molecular complexity index is 701. The van der Waals surface area contributed by atoms with Gasteiger partial charge in [-0.1, -0.05) is 0 Å². The van der Waals surface area contributed by atoms with Gasteiger partial charge in [0.25, 0.3) is 0 Å². The van der Waals surface area contributed by atoms with Crippen LogP contribution >= 0.6 is 0 Å². The molecule has 1 aromatic carbocycles. The van der Waals surface area contributed by atoms with E-state index in [4.69, 9.17) is 4.74 Å². The van der Waals surface area contributed by atoms with Crippen LogP contribution in [0.25, 0.3) is 0 Å². The molecule has 0 aromatic heterocycles. The molecule has 138 valence electrons. The largest absolute Gasteiger partial charge is 0.480 e. The number of carboxylic acid groups (broad SMARTS) is 1. The summed E-state index contributed by atoms with van der Waals surface area (Å²) in [5.41, 5.74) is 1.43. The molecule has 0 saturated carbocycles. The first-order valence-electron chi connectivity index (χ1n) is 8.42. The van der Waals surface area contributed by atoms with Gasteiger partial charge in [0.2, 0.25) is 0 Å². The number of anilines is 2. The van der Waals surface area contributed by atoms with Crippen molar-refractivity contribution in [3.63, 3.8) is 0 Å². The molecular formula is C16H23N3O5S. The molecule has 25 heavy (non-hydrogen) atoms. The number of aliphatic carboxylic acids is 1. The molecule has 0 amide bonds. The summed E-state index contributed by atoms with van der Waals surface area (Å²) in [6, 6.07) is 6.10. The van der Waals surface area contributed by atoms with Crippen molar-refractivity contribution in [2.24, 2.45) is 0 Å². The summed E-state index contributed by atoms with van der Waals surface area (Å²) in [5, 5.41) is 9.27. The lowest BCUT2D eigenvalue weighted by atomic mass is 10.1. The standard InChI is InChI=1S/C16H23N3O5S/c20-16(21)15-3-1-2-8-19(15)25(22,23)17-13-4-6-14(7-5-13)18-9-11-24-12-10-18/h4-7,15,17H,1-3,8-12H2,(H,20,21)/t15-/m0/s1. The lowest BCUT2D eigenvalue weighted by molar-refractivity contribution is -0.142. The van der Waals surface area contributed by atoms with E-state index >= 15 is 0 Å². The smallest absolute Gasteiger partial charge is 0.322 e. The number of carboxylic acids is 1. The molecular weight excluding hydrogens is 346 g/mol. The molecule has 2 heterocycles. The Morgan fingerprint density at radius 3 is 2.44 bits per heavy atom. The SMILES string of the molecule is O=C(O)[C@@H]1CCCCN1S(=O)(=O)Nc1ccc(N2CCOCC2)cc1. The van der Waals surface area contributed by atoms with Crippen LogP contribution in [0.3, 0.4) is 0 Å². The van der Waals surface area contributed by atoms with E-state index in [0.29, 0.717) is 31.7 Å². The number of nitrogens with zero attached hydrogens (tertiary/aromatic N) is 2. The molecule has 2 aliphatic rings. The molecule has 2 saturated heterocycles. The van der Waals surface area contributed by atoms with Gasteiger partial charge in [-0.05, 0) is 43.5 Å². The Morgan fingerprint density at radius 1 is 1.12 bits per heavy atom. The van der Waals surface area contributed by atoms with Gasteiger partial charge < -0.3 is 14.7 Å². The van der Waals surface area contributed by atoms with Crippen molar-refractivity contribution >= 4 is 27.6 Å². The van der Waals surface area contributed by atoms with Crippen LogP contribution in [0.5, 0.6) is 0 Å². The molecule has 9 heteroatoms. The second-order valence-corrected chi connectivity index (χ2v) is 7.84. The van der Waals surface area contributed by atoms with Crippen LogP contribution < -0.4 is 9.62 Å². The quantitative estimate of drug-likeness (QED) is 0.807. The Balaban J connectivity index is 1.70. The highest BCUT2D eigenvalue weighted by atomic mass is 32.2. The van der Waals surface area contributed by atoms with Gasteiger partial charge in [0, 0.05) is 31.0 Å². The van der Waals surface area contributed by atoms with E-state index in [1.54, 1.807) is 12.1 Å². The normalized spacial score (nSPS) is 22.6. The van der Waals surface area contributed by atoms with E-state index in [1.165, 1.54) is 0 Å². The maximum Gasteiger partial charge on any atom is 0.322 e. The summed E-state index contributed by atoms with van der Waals surface area (Å²) in [7, 11) is -3.90. The van der Waals surface area contributed by atoms with Gasteiger partial charge in [-0.2, -0.15) is 12.7 Å². The maximum absolute atomic E-state index is 12.6. The van der Waals surface area contributed by atoms with Crippen molar-refractivity contribution < 1.29 is 23.1 Å². The molecule has 0 unspecified atom stereocenters. The lowest BCUT2D eigenvalue weighted by Crippen LogP contribution is -2.49. The first-order chi connectivity index (χ1) is 12.0. The number of nitrogens with one attached hydrogen (secondary N) is 1. The van der Waals surface area contributed by atoms with Crippen molar-refractivity contribution in [2.75, 3.05) is 42.5 Å². The maximum atomic E-state index is 12.6. The Kier molecular flexibility index (Phi) is 5.45. The second-order valence-electron chi connectivity index (χ2n) is 6.21. The van der Waals surface area contributed by atoms with Crippen LogP contribution in [0.2, 0.25) is 0 Å². The minimum atomic E-state index is -3.90. The summed E-state index contributed by atoms with van der Waals surface area (Å²) >= 11 is 0. The molecule has 0 aliphatic carbocycles. The molecule has 1 atom stereocenters. The highest BCUT2D eigenvalue weighted by Crippen LogP contribution is 2.24. The van der Waals surface area contributed by atoms with Crippen LogP contribution in [0, 0.1) is 0 Å². The van der Waals surface area contributed by atoms with Gasteiger partial charge in [0.1, 0.15) is 6.04 Å². The van der Waals surface area contributed by atoms with Crippen LogP contribution in [-0.4, -0.2) is 62.7 Å². The molecule has 3 rings (SSSR count). The van der Waals surface area contributed by atoms with Crippen molar-refractivity contribution in [1.29, 1.82) is 0 Å². The van der Waals surface area contributed by atoms with E-state index in [0.717, 1.165) is 29.5 Å². The fraction of sp³-hybridized carbons (Fsp3) is 0.562. The fourth-order valence-electron chi connectivity index (χ4n) is 3.21. The number of morpholine rings is 1. The van der Waals surface area contributed by atoms with Crippen LogP contribution in [-0.2, 0) is 19.7 Å². The van der Waals surface area contributed by atoms with Gasteiger partial charge in [-0.25, -0.2) is 0 Å². The summed E-state index contributed by atoms with van der Waals surface area (Å²) in [6.45, 7) is 3.19. The zero-order chi connectivity index (χ0) is 17.9. The third-order valence-corrected chi connectivity index (χ3v) is 6.09. The molecule has 2 aliphatic heterocycles. The average Bonchev–Trinajstić information content (AvgIpc) is 2.63. The Labute approximate surface area is 147 Å². The minimum absolute atomic E-state index is 0.220. The highest BCUT2D eigenvalue weighted by molar-refractivity contribution is 7.90. The molecule has 0 spiro atoms. The third kappa shape index (κ3) is 4.23. The summed E-state index contributed by atoms with van der Waals surface area (Å²) in [6.07, 6.45) is 1.73. The van der Waals surface area contributed by atoms with E-state index < -0.39 is 22.2 Å². The monoisotopic (exact) mass is 369 g/mol. The van der Waals surface area contributed by atoms with Crippen molar-refractivity contribution in [2.45, 2.75) is 25.3 Å². The molecule has 8 nitrogen and oxygen atoms in total. The Hall–Kier alpha value is -1.84. The number of carbonyl (C=O) groups is 1. The molecule has 0 radical (unpaired) electrons. The van der Waals surface area contributed by atoms with Crippen molar-refractivity contribution in [3.8, 4) is 0 Å². The van der Waals surface area contributed by atoms with Gasteiger partial charge in [-0.3, -0.25) is 9.52 Å². The van der Waals surface area contributed by atoms with Crippen molar-refractivity contribution in [3.05, 3.63) is 24.3 Å². The number of rotatable bonds is 5. The zero-order valence-electron chi connectivity index (χ0n) is 13.9. The van der Waals surface area contributed by atoms with Gasteiger partial charge >= 0.3 is 16.2 Å². The summed E-state index contributed by atoms with van der Waals surface area (Å²) in [5.74, 6) is -1.10. The van der Waals surface area contributed by atoms with E-state index in [1.807, 2.05) is 12.1 Å². The van der Waals surface area contributed by atoms with Gasteiger partial charge in [-0.15, -0.1) is 0 Å². The molecule has 0 bridgehead atoms. The third-order valence-electron chi connectivity index (χ3n) is 4.54. The summed E-state index contributed by atoms with van der Waals surface area (Å²) in [4.78, 5) is 13.5. The molecule has 2 N–H and O–H groups in total. The van der Waals surface area contributed by atoms with E-state index in [-0.39, 0.29) is 6.54 Å². The predicted molar refractivity (Wildman–Crippen MR) is 94.0 cm³/mol. The topological polar surface area (TPSA) is 99.2 Å².